The molecule has 0 saturated carbocycles. The molecule has 9 heteroatoms. The third-order valence-corrected chi connectivity index (χ3v) is 7.99. The number of thiazole rings is 1. The van der Waals surface area contributed by atoms with E-state index in [0.717, 1.165) is 61.7 Å². The number of anilines is 1. The van der Waals surface area contributed by atoms with E-state index in [1.54, 1.807) is 0 Å². The minimum atomic E-state index is -0.352. The number of para-hydroxylation sites is 1. The smallest absolute Gasteiger partial charge is 0.258 e. The van der Waals surface area contributed by atoms with Crippen molar-refractivity contribution in [3.63, 3.8) is 0 Å². The monoisotopic (exact) mass is 477 g/mol. The van der Waals surface area contributed by atoms with Crippen LogP contribution in [-0.2, 0) is 4.74 Å². The molecule has 1 N–H and O–H groups in total. The predicted molar refractivity (Wildman–Crippen MR) is 135 cm³/mol. The highest BCUT2D eigenvalue weighted by atomic mass is 32.1. The van der Waals surface area contributed by atoms with Gasteiger partial charge >= 0.3 is 0 Å². The first-order chi connectivity index (χ1) is 16.6. The Morgan fingerprint density at radius 2 is 2.00 bits per heavy atom. The van der Waals surface area contributed by atoms with Gasteiger partial charge in [-0.15, -0.1) is 11.3 Å². The minimum Gasteiger partial charge on any atom is -0.376 e. The molecule has 8 nitrogen and oxygen atoms in total. The molecule has 5 heterocycles. The van der Waals surface area contributed by atoms with Gasteiger partial charge in [0, 0.05) is 39.3 Å². The summed E-state index contributed by atoms with van der Waals surface area (Å²) in [5.41, 5.74) is 1.46. The second kappa shape index (κ2) is 8.65. The summed E-state index contributed by atoms with van der Waals surface area (Å²) in [6.07, 6.45) is 1.94. The number of ether oxygens (including phenoxy) is 1. The van der Waals surface area contributed by atoms with Crippen molar-refractivity contribution in [1.82, 2.24) is 19.6 Å². The highest BCUT2D eigenvalue weighted by Crippen LogP contribution is 2.31. The standard InChI is InChI=1S/C25H27N5O3S/c1-28-10-12-29(13-11-28)20-9-8-17-22(31)21(24(32)26-15-16-5-4-14-33-16)25-30(23(17)27-20)18-6-2-3-7-19(18)34-25/h2-3,6-9,16H,4-5,10-15H2,1H3,(H,26,32). The Labute approximate surface area is 200 Å². The number of nitrogens with zero attached hydrogens (tertiary/aromatic N) is 4. The third-order valence-electron chi connectivity index (χ3n) is 6.84. The van der Waals surface area contributed by atoms with Crippen LogP contribution < -0.4 is 15.6 Å². The number of rotatable bonds is 4. The molecule has 1 unspecified atom stereocenters. The fraction of sp³-hybridized carbons (Fsp3) is 0.400. The number of hydrogen-bond acceptors (Lipinski definition) is 7. The van der Waals surface area contributed by atoms with Gasteiger partial charge in [-0.05, 0) is 44.2 Å². The number of fused-ring (bicyclic) bond motifs is 5. The predicted octanol–water partition coefficient (Wildman–Crippen LogP) is 2.72. The summed E-state index contributed by atoms with van der Waals surface area (Å²) in [5, 5.41) is 3.41. The van der Waals surface area contributed by atoms with Crippen molar-refractivity contribution in [2.24, 2.45) is 0 Å². The number of piperazine rings is 1. The number of likely N-dealkylation sites (N-methyl/N-ethyl adjacent to an activating group) is 1. The zero-order valence-electron chi connectivity index (χ0n) is 19.1. The quantitative estimate of drug-likeness (QED) is 0.487. The SMILES string of the molecule is CN1CCN(c2ccc3c(=O)c(C(=O)NCC4CCCO4)c4sc5ccccc5n4c3n2)CC1. The number of amides is 1. The highest BCUT2D eigenvalue weighted by molar-refractivity contribution is 7.24. The molecule has 3 aromatic heterocycles. The van der Waals surface area contributed by atoms with Crippen molar-refractivity contribution in [1.29, 1.82) is 0 Å². The van der Waals surface area contributed by atoms with Gasteiger partial charge in [-0.25, -0.2) is 4.98 Å². The van der Waals surface area contributed by atoms with Crippen LogP contribution in [0, 0.1) is 0 Å². The molecule has 2 aliphatic heterocycles. The summed E-state index contributed by atoms with van der Waals surface area (Å²) in [7, 11) is 2.12. The van der Waals surface area contributed by atoms with E-state index < -0.39 is 0 Å². The van der Waals surface area contributed by atoms with Crippen LogP contribution in [0.3, 0.4) is 0 Å². The molecule has 0 spiro atoms. The fourth-order valence-corrected chi connectivity index (χ4v) is 6.07. The van der Waals surface area contributed by atoms with Gasteiger partial charge in [0.25, 0.3) is 5.91 Å². The number of pyridine rings is 2. The van der Waals surface area contributed by atoms with Crippen molar-refractivity contribution < 1.29 is 9.53 Å². The Hall–Kier alpha value is -3.01. The highest BCUT2D eigenvalue weighted by Gasteiger charge is 2.25. The van der Waals surface area contributed by atoms with Gasteiger partial charge in [0.05, 0.1) is 21.7 Å². The van der Waals surface area contributed by atoms with Crippen LogP contribution in [0.4, 0.5) is 5.82 Å². The number of aromatic nitrogens is 2. The van der Waals surface area contributed by atoms with Gasteiger partial charge in [-0.3, -0.25) is 14.0 Å². The first-order valence-corrected chi connectivity index (χ1v) is 12.6. The molecule has 176 valence electrons. The molecule has 1 atom stereocenters. The van der Waals surface area contributed by atoms with E-state index in [1.165, 1.54) is 11.3 Å². The Morgan fingerprint density at radius 3 is 2.79 bits per heavy atom. The average Bonchev–Trinajstić information content (AvgIpc) is 3.51. The van der Waals surface area contributed by atoms with E-state index in [2.05, 4.69) is 22.2 Å². The summed E-state index contributed by atoms with van der Waals surface area (Å²) in [5.74, 6) is 0.509. The van der Waals surface area contributed by atoms with Crippen LogP contribution in [0.2, 0.25) is 0 Å². The summed E-state index contributed by atoms with van der Waals surface area (Å²) in [6.45, 7) is 4.86. The minimum absolute atomic E-state index is 0.0119. The van der Waals surface area contributed by atoms with Gasteiger partial charge < -0.3 is 19.9 Å². The molecule has 0 radical (unpaired) electrons. The molecule has 0 bridgehead atoms. The first kappa shape index (κ1) is 21.5. The lowest BCUT2D eigenvalue weighted by molar-refractivity contribution is 0.0858. The molecule has 34 heavy (non-hydrogen) atoms. The largest absolute Gasteiger partial charge is 0.376 e. The van der Waals surface area contributed by atoms with E-state index in [9.17, 15) is 9.59 Å². The summed E-state index contributed by atoms with van der Waals surface area (Å²) < 4.78 is 8.63. The molecule has 0 aliphatic carbocycles. The number of benzene rings is 1. The van der Waals surface area contributed by atoms with E-state index in [1.807, 2.05) is 40.8 Å². The molecule has 4 aromatic rings. The van der Waals surface area contributed by atoms with E-state index >= 15 is 0 Å². The molecular weight excluding hydrogens is 450 g/mol. The summed E-state index contributed by atoms with van der Waals surface area (Å²) >= 11 is 1.46. The number of hydrogen-bond donors (Lipinski definition) is 1. The van der Waals surface area contributed by atoms with Crippen molar-refractivity contribution in [3.8, 4) is 0 Å². The molecular formula is C25H27N5O3S. The Morgan fingerprint density at radius 1 is 1.18 bits per heavy atom. The Kier molecular flexibility index (Phi) is 5.47. The van der Waals surface area contributed by atoms with Gasteiger partial charge in [-0.1, -0.05) is 12.1 Å². The van der Waals surface area contributed by atoms with Crippen molar-refractivity contribution >= 4 is 49.1 Å². The Bertz CT molecular complexity index is 1450. The summed E-state index contributed by atoms with van der Waals surface area (Å²) in [6, 6.07) is 11.7. The van der Waals surface area contributed by atoms with Crippen LogP contribution in [0.1, 0.15) is 23.2 Å². The molecule has 1 amide bonds. The zero-order valence-corrected chi connectivity index (χ0v) is 19.9. The molecule has 2 fully saturated rings. The molecule has 2 saturated heterocycles. The lowest BCUT2D eigenvalue weighted by Crippen LogP contribution is -2.44. The molecule has 1 aromatic carbocycles. The maximum absolute atomic E-state index is 13.6. The fourth-order valence-electron chi connectivity index (χ4n) is 4.89. The van der Waals surface area contributed by atoms with Crippen molar-refractivity contribution in [2.75, 3.05) is 51.3 Å². The van der Waals surface area contributed by atoms with Crippen LogP contribution >= 0.6 is 11.3 Å². The topological polar surface area (TPSA) is 79.2 Å². The van der Waals surface area contributed by atoms with E-state index in [0.29, 0.717) is 22.4 Å². The van der Waals surface area contributed by atoms with E-state index in [-0.39, 0.29) is 23.0 Å². The van der Waals surface area contributed by atoms with Crippen LogP contribution in [0.15, 0.2) is 41.2 Å². The lowest BCUT2D eigenvalue weighted by atomic mass is 10.1. The van der Waals surface area contributed by atoms with Crippen LogP contribution in [0.5, 0.6) is 0 Å². The molecule has 6 rings (SSSR count). The zero-order chi connectivity index (χ0) is 23.2. The number of carbonyl (C=O) groups is 1. The van der Waals surface area contributed by atoms with Gasteiger partial charge in [0.15, 0.2) is 5.65 Å². The average molecular weight is 478 g/mol. The van der Waals surface area contributed by atoms with Crippen molar-refractivity contribution in [2.45, 2.75) is 18.9 Å². The first-order valence-electron chi connectivity index (χ1n) is 11.8. The van der Waals surface area contributed by atoms with Crippen LogP contribution in [0.25, 0.3) is 26.1 Å². The van der Waals surface area contributed by atoms with Gasteiger partial charge in [0.1, 0.15) is 16.2 Å². The normalized spacial score (nSPS) is 19.4. The third kappa shape index (κ3) is 3.64. The molecule has 2 aliphatic rings. The van der Waals surface area contributed by atoms with Crippen molar-refractivity contribution in [3.05, 3.63) is 52.2 Å². The van der Waals surface area contributed by atoms with E-state index in [4.69, 9.17) is 9.72 Å². The lowest BCUT2D eigenvalue weighted by Gasteiger charge is -2.33. The van der Waals surface area contributed by atoms with Crippen LogP contribution in [-0.4, -0.2) is 72.7 Å². The Balaban J connectivity index is 1.51. The second-order valence-corrected chi connectivity index (χ2v) is 10.1. The maximum atomic E-state index is 13.6. The van der Waals surface area contributed by atoms with Gasteiger partial charge in [0.2, 0.25) is 5.43 Å². The number of nitrogens with one attached hydrogen (secondary N) is 1. The maximum Gasteiger partial charge on any atom is 0.258 e. The second-order valence-electron chi connectivity index (χ2n) is 9.09. The van der Waals surface area contributed by atoms with Gasteiger partial charge in [-0.2, -0.15) is 0 Å². The summed E-state index contributed by atoms with van der Waals surface area (Å²) in [4.78, 5) is 37.1. The number of carbonyl (C=O) groups excluding carboxylic acids is 1.